The first-order chi connectivity index (χ1) is 11.4. The highest BCUT2D eigenvalue weighted by atomic mass is 35.5. The van der Waals surface area contributed by atoms with Gasteiger partial charge < -0.3 is 10.1 Å². The summed E-state index contributed by atoms with van der Waals surface area (Å²) in [6, 6.07) is 11.5. The second-order valence-corrected chi connectivity index (χ2v) is 5.86. The van der Waals surface area contributed by atoms with Gasteiger partial charge in [-0.05, 0) is 48.0 Å². The summed E-state index contributed by atoms with van der Waals surface area (Å²) in [4.78, 5) is 12.2. The first kappa shape index (κ1) is 18.2. The molecule has 2 rings (SSSR count). The summed E-state index contributed by atoms with van der Waals surface area (Å²) in [5.74, 6) is 0.0826. The minimum Gasteiger partial charge on any atom is -0.497 e. The van der Waals surface area contributed by atoms with Crippen molar-refractivity contribution < 1.29 is 9.53 Å². The van der Waals surface area contributed by atoms with Gasteiger partial charge in [0.25, 0.3) is 5.91 Å². The second-order valence-electron chi connectivity index (χ2n) is 4.64. The fourth-order valence-corrected chi connectivity index (χ4v) is 2.53. The summed E-state index contributed by atoms with van der Waals surface area (Å²) in [6.45, 7) is 0. The predicted molar refractivity (Wildman–Crippen MR) is 96.7 cm³/mol. The quantitative estimate of drug-likeness (QED) is 0.450. The van der Waals surface area contributed by atoms with E-state index in [2.05, 4.69) is 5.32 Å². The zero-order valence-corrected chi connectivity index (χ0v) is 14.7. The van der Waals surface area contributed by atoms with Crippen LogP contribution in [0.15, 0.2) is 42.0 Å². The molecule has 1 amide bonds. The maximum absolute atomic E-state index is 12.2. The number of amides is 1. The average Bonchev–Trinajstić information content (AvgIpc) is 2.57. The van der Waals surface area contributed by atoms with Gasteiger partial charge >= 0.3 is 0 Å². The highest BCUT2D eigenvalue weighted by molar-refractivity contribution is 6.44. The minimum atomic E-state index is -0.574. The van der Waals surface area contributed by atoms with Gasteiger partial charge in [-0.1, -0.05) is 34.8 Å². The van der Waals surface area contributed by atoms with E-state index < -0.39 is 5.91 Å². The van der Waals surface area contributed by atoms with Gasteiger partial charge in [-0.2, -0.15) is 5.26 Å². The Balaban J connectivity index is 2.27. The lowest BCUT2D eigenvalue weighted by atomic mass is 10.1. The highest BCUT2D eigenvalue weighted by Crippen LogP contribution is 2.31. The van der Waals surface area contributed by atoms with Gasteiger partial charge in [-0.25, -0.2) is 0 Å². The number of rotatable bonds is 4. The maximum Gasteiger partial charge on any atom is 0.266 e. The molecule has 0 heterocycles. The molecule has 7 heteroatoms. The Labute approximate surface area is 154 Å². The molecule has 0 aliphatic carbocycles. The van der Waals surface area contributed by atoms with Crippen molar-refractivity contribution in [1.29, 1.82) is 5.26 Å². The summed E-state index contributed by atoms with van der Waals surface area (Å²) >= 11 is 17.9. The van der Waals surface area contributed by atoms with Crippen LogP contribution < -0.4 is 10.1 Å². The SMILES string of the molecule is COc1ccc(NC(=O)/C(C#N)=C/c2cc(Cl)cc(Cl)c2Cl)cc1. The van der Waals surface area contributed by atoms with Crippen molar-refractivity contribution in [2.75, 3.05) is 12.4 Å². The van der Waals surface area contributed by atoms with Crippen LogP contribution in [0.5, 0.6) is 5.75 Å². The van der Waals surface area contributed by atoms with Crippen LogP contribution in [0.3, 0.4) is 0 Å². The number of benzene rings is 2. The Hall–Kier alpha value is -2.19. The molecule has 0 saturated carbocycles. The van der Waals surface area contributed by atoms with Crippen LogP contribution in [0.2, 0.25) is 15.1 Å². The Morgan fingerprint density at radius 2 is 1.88 bits per heavy atom. The van der Waals surface area contributed by atoms with E-state index in [1.165, 1.54) is 18.2 Å². The summed E-state index contributed by atoms with van der Waals surface area (Å²) < 4.78 is 5.04. The van der Waals surface area contributed by atoms with E-state index in [0.29, 0.717) is 22.0 Å². The molecular formula is C17H11Cl3N2O2. The number of anilines is 1. The van der Waals surface area contributed by atoms with Crippen molar-refractivity contribution in [3.05, 3.63) is 62.6 Å². The molecule has 0 fully saturated rings. The third-order valence-corrected chi connectivity index (χ3v) is 4.07. The number of nitriles is 1. The van der Waals surface area contributed by atoms with Crippen LogP contribution in [0.4, 0.5) is 5.69 Å². The van der Waals surface area contributed by atoms with E-state index in [1.54, 1.807) is 31.4 Å². The van der Waals surface area contributed by atoms with Crippen molar-refractivity contribution >= 4 is 52.5 Å². The summed E-state index contributed by atoms with van der Waals surface area (Å²) in [5.41, 5.74) is 0.777. The number of ether oxygens (including phenoxy) is 1. The second kappa shape index (κ2) is 8.07. The van der Waals surface area contributed by atoms with Gasteiger partial charge in [0.2, 0.25) is 0 Å². The number of halogens is 3. The van der Waals surface area contributed by atoms with Crippen LogP contribution in [0.1, 0.15) is 5.56 Å². The molecular weight excluding hydrogens is 371 g/mol. The number of carbonyl (C=O) groups is 1. The molecule has 0 spiro atoms. The number of hydrogen-bond donors (Lipinski definition) is 1. The van der Waals surface area contributed by atoms with Gasteiger partial charge in [0, 0.05) is 10.7 Å². The lowest BCUT2D eigenvalue weighted by Gasteiger charge is -2.07. The Morgan fingerprint density at radius 1 is 1.21 bits per heavy atom. The monoisotopic (exact) mass is 380 g/mol. The van der Waals surface area contributed by atoms with Crippen molar-refractivity contribution in [1.82, 2.24) is 0 Å². The van der Waals surface area contributed by atoms with Crippen LogP contribution in [0.25, 0.3) is 6.08 Å². The zero-order valence-electron chi connectivity index (χ0n) is 12.4. The minimum absolute atomic E-state index is 0.133. The lowest BCUT2D eigenvalue weighted by Crippen LogP contribution is -2.13. The van der Waals surface area contributed by atoms with Gasteiger partial charge in [-0.15, -0.1) is 0 Å². The number of nitrogens with zero attached hydrogens (tertiary/aromatic N) is 1. The standard InChI is InChI=1S/C17H11Cl3N2O2/c1-24-14-4-2-13(3-5-14)22-17(23)11(9-21)6-10-7-12(18)8-15(19)16(10)20/h2-8H,1H3,(H,22,23)/b11-6+. The third kappa shape index (κ3) is 4.42. The smallest absolute Gasteiger partial charge is 0.266 e. The number of hydrogen-bond acceptors (Lipinski definition) is 3. The third-order valence-electron chi connectivity index (χ3n) is 3.03. The van der Waals surface area contributed by atoms with E-state index in [4.69, 9.17) is 39.5 Å². The first-order valence-corrected chi connectivity index (χ1v) is 7.79. The molecule has 0 bridgehead atoms. The summed E-state index contributed by atoms with van der Waals surface area (Å²) in [5, 5.41) is 12.7. The van der Waals surface area contributed by atoms with E-state index in [9.17, 15) is 10.1 Å². The molecule has 4 nitrogen and oxygen atoms in total. The van der Waals surface area contributed by atoms with E-state index in [-0.39, 0.29) is 15.6 Å². The lowest BCUT2D eigenvalue weighted by molar-refractivity contribution is -0.112. The topological polar surface area (TPSA) is 62.1 Å². The van der Waals surface area contributed by atoms with Crippen LogP contribution >= 0.6 is 34.8 Å². The molecule has 0 saturated heterocycles. The predicted octanol–water partition coefficient (Wildman–Crippen LogP) is 5.20. The zero-order chi connectivity index (χ0) is 17.7. The average molecular weight is 382 g/mol. The molecule has 24 heavy (non-hydrogen) atoms. The molecule has 0 aliphatic rings. The van der Waals surface area contributed by atoms with Crippen LogP contribution in [-0.2, 0) is 4.79 Å². The molecule has 2 aromatic carbocycles. The largest absolute Gasteiger partial charge is 0.497 e. The van der Waals surface area contributed by atoms with E-state index in [0.717, 1.165) is 0 Å². The van der Waals surface area contributed by atoms with Crippen molar-refractivity contribution in [2.45, 2.75) is 0 Å². The van der Waals surface area contributed by atoms with Gasteiger partial charge in [0.05, 0.1) is 17.2 Å². The molecule has 0 aliphatic heterocycles. The number of methoxy groups -OCH3 is 1. The van der Waals surface area contributed by atoms with Crippen LogP contribution in [0, 0.1) is 11.3 Å². The molecule has 2 aromatic rings. The molecule has 1 N–H and O–H groups in total. The Morgan fingerprint density at radius 3 is 2.46 bits per heavy atom. The van der Waals surface area contributed by atoms with Gasteiger partial charge in [0.1, 0.15) is 17.4 Å². The Bertz CT molecular complexity index is 840. The van der Waals surface area contributed by atoms with Crippen LogP contribution in [-0.4, -0.2) is 13.0 Å². The molecule has 0 radical (unpaired) electrons. The van der Waals surface area contributed by atoms with Crippen molar-refractivity contribution in [3.63, 3.8) is 0 Å². The van der Waals surface area contributed by atoms with E-state index in [1.807, 2.05) is 6.07 Å². The maximum atomic E-state index is 12.2. The molecule has 0 aromatic heterocycles. The fourth-order valence-electron chi connectivity index (χ4n) is 1.86. The fraction of sp³-hybridized carbons (Fsp3) is 0.0588. The van der Waals surface area contributed by atoms with Crippen molar-refractivity contribution in [3.8, 4) is 11.8 Å². The molecule has 0 atom stereocenters. The van der Waals surface area contributed by atoms with Gasteiger partial charge in [-0.3, -0.25) is 4.79 Å². The van der Waals surface area contributed by atoms with E-state index >= 15 is 0 Å². The normalized spacial score (nSPS) is 10.9. The molecule has 0 unspecified atom stereocenters. The van der Waals surface area contributed by atoms with Crippen molar-refractivity contribution in [2.24, 2.45) is 0 Å². The highest BCUT2D eigenvalue weighted by Gasteiger charge is 2.12. The number of carbonyl (C=O) groups excluding carboxylic acids is 1. The summed E-state index contributed by atoms with van der Waals surface area (Å²) in [7, 11) is 1.55. The summed E-state index contributed by atoms with van der Waals surface area (Å²) in [6.07, 6.45) is 1.33. The molecule has 122 valence electrons. The van der Waals surface area contributed by atoms with Gasteiger partial charge in [0.15, 0.2) is 0 Å². The Kier molecular flexibility index (Phi) is 6.10. The number of nitrogens with one attached hydrogen (secondary N) is 1. The first-order valence-electron chi connectivity index (χ1n) is 6.66.